The zero-order valence-corrected chi connectivity index (χ0v) is 20.0. The summed E-state index contributed by atoms with van der Waals surface area (Å²) in [4.78, 5) is 0. The van der Waals surface area contributed by atoms with Crippen molar-refractivity contribution in [2.24, 2.45) is 0 Å². The molecule has 0 unspecified atom stereocenters. The summed E-state index contributed by atoms with van der Waals surface area (Å²) in [6.45, 7) is 7.33. The van der Waals surface area contributed by atoms with Gasteiger partial charge in [0.25, 0.3) is 0 Å². The Morgan fingerprint density at radius 3 is 0.737 bits per heavy atom. The minimum absolute atomic E-state index is 0.279. The first-order valence-electron chi connectivity index (χ1n) is 11.0. The van der Waals surface area contributed by atoms with E-state index < -0.39 is 0 Å². The van der Waals surface area contributed by atoms with Gasteiger partial charge in [-0.1, -0.05) is 49.6 Å². The zero-order valence-electron chi connectivity index (χ0n) is 20.0. The average Bonchev–Trinajstić information content (AvgIpc) is 2.97. The Labute approximate surface area is 220 Å². The Morgan fingerprint density at radius 2 is 0.553 bits per heavy atom. The summed E-state index contributed by atoms with van der Waals surface area (Å²) in [5.74, 6) is 0. The summed E-state index contributed by atoms with van der Waals surface area (Å²) in [6.07, 6.45) is 9.45. The van der Waals surface area contributed by atoms with Crippen LogP contribution in [0.5, 0.6) is 0 Å². The van der Waals surface area contributed by atoms with Crippen LogP contribution in [0, 0.1) is 68.0 Å². The fourth-order valence-corrected chi connectivity index (χ4v) is 3.73. The second-order valence-electron chi connectivity index (χ2n) is 7.83. The molecule has 3 aromatic carbocycles. The predicted octanol–water partition coefficient (Wildman–Crippen LogP) is 6.54. The maximum Gasteiger partial charge on any atom is 0.0998 e. The van der Waals surface area contributed by atoms with E-state index in [4.69, 9.17) is 0 Å². The van der Waals surface area contributed by atoms with Crippen molar-refractivity contribution in [3.05, 3.63) is 116 Å². The molecule has 0 aromatic heterocycles. The van der Waals surface area contributed by atoms with E-state index in [0.717, 1.165) is 0 Å². The molecule has 0 aliphatic rings. The van der Waals surface area contributed by atoms with Crippen LogP contribution < -0.4 is 0 Å². The van der Waals surface area contributed by atoms with Crippen LogP contribution >= 0.6 is 0 Å². The highest BCUT2D eigenvalue weighted by molar-refractivity contribution is 5.81. The molecule has 0 aliphatic carbocycles. The molecule has 0 fully saturated rings. The van der Waals surface area contributed by atoms with Gasteiger partial charge in [-0.2, -0.15) is 31.6 Å². The molecular formula is C32H16N6. The molecule has 0 saturated heterocycles. The van der Waals surface area contributed by atoms with Crippen molar-refractivity contribution >= 4 is 36.5 Å². The molecule has 0 atom stereocenters. The second-order valence-corrected chi connectivity index (χ2v) is 7.83. The van der Waals surface area contributed by atoms with Crippen molar-refractivity contribution in [1.82, 2.24) is 0 Å². The van der Waals surface area contributed by atoms with E-state index in [1.54, 1.807) is 60.7 Å². The van der Waals surface area contributed by atoms with Crippen molar-refractivity contribution in [3.8, 4) is 36.4 Å². The Morgan fingerprint density at radius 1 is 0.368 bits per heavy atom. The van der Waals surface area contributed by atoms with Gasteiger partial charge in [0.15, 0.2) is 0 Å². The van der Waals surface area contributed by atoms with E-state index in [9.17, 15) is 31.6 Å². The first-order valence-corrected chi connectivity index (χ1v) is 11.0. The van der Waals surface area contributed by atoms with E-state index in [2.05, 4.69) is 49.6 Å². The smallest absolute Gasteiger partial charge is 0.0998 e. The third kappa shape index (κ3) is 5.28. The summed E-state index contributed by atoms with van der Waals surface area (Å²) < 4.78 is 0. The molecule has 0 aliphatic heterocycles. The lowest BCUT2D eigenvalue weighted by atomic mass is 9.95. The van der Waals surface area contributed by atoms with Gasteiger partial charge in [-0.05, 0) is 69.8 Å². The van der Waals surface area contributed by atoms with Gasteiger partial charge >= 0.3 is 0 Å². The molecular weight excluding hydrogens is 468 g/mol. The zero-order chi connectivity index (χ0) is 27.7. The maximum absolute atomic E-state index is 9.76. The standard InChI is InChI=1S/C32H16N6/c1-3-21-9-29(17-35)23(11-27(21)15-33)5-7-25-13-32(20-38)26(14-31(25)19-37)8-6-24-12-28(16-34)22(4-2)10-30(24)18-36/h3-14H,1-2H2/b7-5+,8-6+. The fourth-order valence-electron chi connectivity index (χ4n) is 3.73. The van der Waals surface area contributed by atoms with E-state index in [1.807, 2.05) is 0 Å². The summed E-state index contributed by atoms with van der Waals surface area (Å²) in [5, 5.41) is 57.4. The third-order valence-corrected chi connectivity index (χ3v) is 5.71. The van der Waals surface area contributed by atoms with Crippen molar-refractivity contribution < 1.29 is 0 Å². The molecule has 0 N–H and O–H groups in total. The number of hydrogen-bond donors (Lipinski definition) is 0. The van der Waals surface area contributed by atoms with Crippen molar-refractivity contribution in [3.63, 3.8) is 0 Å². The molecule has 0 radical (unpaired) electrons. The normalized spacial score (nSPS) is 9.95. The molecule has 0 saturated carbocycles. The molecule has 3 rings (SSSR count). The first kappa shape index (κ1) is 26.2. The van der Waals surface area contributed by atoms with Gasteiger partial charge in [-0.3, -0.25) is 0 Å². The van der Waals surface area contributed by atoms with E-state index in [-0.39, 0.29) is 11.1 Å². The van der Waals surface area contributed by atoms with Crippen LogP contribution in [0.4, 0.5) is 0 Å². The molecule has 0 amide bonds. The minimum atomic E-state index is 0.279. The van der Waals surface area contributed by atoms with Crippen LogP contribution in [0.1, 0.15) is 66.8 Å². The molecule has 0 heterocycles. The summed E-state index contributed by atoms with van der Waals surface area (Å²) in [6, 6.07) is 21.9. The Bertz CT molecular complexity index is 1680. The lowest BCUT2D eigenvalue weighted by Crippen LogP contribution is -1.92. The van der Waals surface area contributed by atoms with Gasteiger partial charge in [0, 0.05) is 0 Å². The summed E-state index contributed by atoms with van der Waals surface area (Å²) in [7, 11) is 0. The summed E-state index contributed by atoms with van der Waals surface area (Å²) >= 11 is 0. The fraction of sp³-hybridized carbons (Fsp3) is 0. The van der Waals surface area contributed by atoms with Crippen LogP contribution in [0.15, 0.2) is 49.6 Å². The van der Waals surface area contributed by atoms with Crippen LogP contribution in [0.2, 0.25) is 0 Å². The van der Waals surface area contributed by atoms with Gasteiger partial charge < -0.3 is 0 Å². The third-order valence-electron chi connectivity index (χ3n) is 5.71. The largest absolute Gasteiger partial charge is 0.192 e. The quantitative estimate of drug-likeness (QED) is 0.363. The van der Waals surface area contributed by atoms with Gasteiger partial charge in [0.05, 0.1) is 69.8 Å². The topological polar surface area (TPSA) is 143 Å². The SMILES string of the molecule is C=Cc1cc(C#N)c(/C=C/c2cc(C#N)c(/C=C/c3cc(C#N)c(C=C)cc3C#N)cc2C#N)cc1C#N. The van der Waals surface area contributed by atoms with Crippen molar-refractivity contribution in [2.45, 2.75) is 0 Å². The van der Waals surface area contributed by atoms with Crippen LogP contribution in [0.25, 0.3) is 36.5 Å². The van der Waals surface area contributed by atoms with Gasteiger partial charge in [0.1, 0.15) is 0 Å². The highest BCUT2D eigenvalue weighted by Gasteiger charge is 2.10. The Balaban J connectivity index is 2.09. The lowest BCUT2D eigenvalue weighted by Gasteiger charge is -2.06. The van der Waals surface area contributed by atoms with Gasteiger partial charge in [-0.25, -0.2) is 0 Å². The van der Waals surface area contributed by atoms with Gasteiger partial charge in [-0.15, -0.1) is 0 Å². The Hall–Kier alpha value is -6.44. The minimum Gasteiger partial charge on any atom is -0.192 e. The van der Waals surface area contributed by atoms with Crippen LogP contribution in [-0.4, -0.2) is 0 Å². The predicted molar refractivity (Wildman–Crippen MR) is 146 cm³/mol. The Kier molecular flexibility index (Phi) is 8.13. The lowest BCUT2D eigenvalue weighted by molar-refractivity contribution is 1.42. The average molecular weight is 485 g/mol. The maximum atomic E-state index is 9.76. The molecule has 6 nitrogen and oxygen atoms in total. The van der Waals surface area contributed by atoms with E-state index in [0.29, 0.717) is 55.6 Å². The van der Waals surface area contributed by atoms with Crippen LogP contribution in [-0.2, 0) is 0 Å². The van der Waals surface area contributed by atoms with E-state index >= 15 is 0 Å². The monoisotopic (exact) mass is 484 g/mol. The highest BCUT2D eigenvalue weighted by atomic mass is 14.3. The molecule has 3 aromatic rings. The first-order chi connectivity index (χ1) is 18.5. The molecule has 38 heavy (non-hydrogen) atoms. The number of hydrogen-bond acceptors (Lipinski definition) is 6. The van der Waals surface area contributed by atoms with Crippen molar-refractivity contribution in [1.29, 1.82) is 31.6 Å². The molecule has 174 valence electrons. The highest BCUT2D eigenvalue weighted by Crippen LogP contribution is 2.25. The van der Waals surface area contributed by atoms with Crippen molar-refractivity contribution in [2.75, 3.05) is 0 Å². The summed E-state index contributed by atoms with van der Waals surface area (Å²) in [5.41, 5.74) is 4.91. The molecule has 6 heteroatoms. The number of nitrogens with zero attached hydrogens (tertiary/aromatic N) is 6. The van der Waals surface area contributed by atoms with Gasteiger partial charge in [0.2, 0.25) is 0 Å². The number of nitriles is 6. The number of benzene rings is 3. The second kappa shape index (κ2) is 11.8. The number of rotatable bonds is 6. The van der Waals surface area contributed by atoms with Crippen LogP contribution in [0.3, 0.4) is 0 Å². The molecule has 0 spiro atoms. The molecule has 0 bridgehead atoms. The van der Waals surface area contributed by atoms with E-state index in [1.165, 1.54) is 12.2 Å².